The van der Waals surface area contributed by atoms with Crippen LogP contribution in [0.1, 0.15) is 34.3 Å². The molecule has 6 N–H and O–H groups in total. The number of aliphatic hydroxyl groups is 1. The predicted octanol–water partition coefficient (Wildman–Crippen LogP) is 2.44. The Hall–Kier alpha value is -4.14. The van der Waals surface area contributed by atoms with Gasteiger partial charge in [-0.15, -0.1) is 0 Å². The third-order valence-electron chi connectivity index (χ3n) is 7.06. The van der Waals surface area contributed by atoms with Gasteiger partial charge in [0.2, 0.25) is 0 Å². The lowest BCUT2D eigenvalue weighted by Gasteiger charge is -2.38. The Labute approximate surface area is 243 Å². The van der Waals surface area contributed by atoms with Gasteiger partial charge in [-0.05, 0) is 42.7 Å². The van der Waals surface area contributed by atoms with Gasteiger partial charge in [-0.25, -0.2) is 9.98 Å². The maximum absolute atomic E-state index is 13.0. The van der Waals surface area contributed by atoms with E-state index in [0.717, 1.165) is 18.3 Å². The van der Waals surface area contributed by atoms with E-state index in [-0.39, 0.29) is 53.7 Å². The Balaban J connectivity index is 1.32. The van der Waals surface area contributed by atoms with Gasteiger partial charge in [0.05, 0.1) is 36.7 Å². The van der Waals surface area contributed by atoms with E-state index in [0.29, 0.717) is 30.6 Å². The largest absolute Gasteiger partial charge is 0.416 e. The zero-order valence-corrected chi connectivity index (χ0v) is 22.8. The number of nitrogens with two attached hydrogens (primary N) is 2. The summed E-state index contributed by atoms with van der Waals surface area (Å²) in [6.45, 7) is 1.05. The maximum atomic E-state index is 13.0. The molecule has 1 aromatic carbocycles. The summed E-state index contributed by atoms with van der Waals surface area (Å²) in [5.74, 6) is -1.17. The molecule has 42 heavy (non-hydrogen) atoms. The third kappa shape index (κ3) is 6.20. The number of anilines is 1. The highest BCUT2D eigenvalue weighted by Gasteiger charge is 2.50. The summed E-state index contributed by atoms with van der Waals surface area (Å²) in [5, 5.41) is 12.8. The fourth-order valence-electron chi connectivity index (χ4n) is 4.61. The first kappa shape index (κ1) is 29.4. The van der Waals surface area contributed by atoms with Crippen molar-refractivity contribution in [2.24, 2.45) is 16.5 Å². The molecule has 3 aliphatic rings. The van der Waals surface area contributed by atoms with E-state index in [1.807, 2.05) is 0 Å². The second kappa shape index (κ2) is 11.3. The maximum Gasteiger partial charge on any atom is 0.416 e. The van der Waals surface area contributed by atoms with E-state index < -0.39 is 29.4 Å². The molecule has 2 fully saturated rings. The number of pyridine rings is 1. The summed E-state index contributed by atoms with van der Waals surface area (Å²) in [7, 11) is 0. The number of halogens is 4. The van der Waals surface area contributed by atoms with Crippen molar-refractivity contribution in [3.63, 3.8) is 0 Å². The molecule has 1 atom stereocenters. The van der Waals surface area contributed by atoms with Gasteiger partial charge in [0, 0.05) is 24.8 Å². The second-order valence-electron chi connectivity index (χ2n) is 10.1. The summed E-state index contributed by atoms with van der Waals surface area (Å²) >= 11 is 6.49. The lowest BCUT2D eigenvalue weighted by Crippen LogP contribution is -2.53. The molecule has 5 rings (SSSR count). The van der Waals surface area contributed by atoms with Crippen LogP contribution >= 0.6 is 11.6 Å². The van der Waals surface area contributed by atoms with Crippen LogP contribution in [0.2, 0.25) is 0 Å². The van der Waals surface area contributed by atoms with Crippen molar-refractivity contribution in [2.75, 3.05) is 31.6 Å². The number of nitrogens with zero attached hydrogens (tertiary/aromatic N) is 4. The quantitative estimate of drug-likeness (QED) is 0.365. The molecule has 0 unspecified atom stereocenters. The molecule has 15 heteroatoms. The van der Waals surface area contributed by atoms with Crippen molar-refractivity contribution in [3.05, 3.63) is 76.3 Å². The molecule has 222 valence electrons. The number of ether oxygens (including phenoxy) is 1. The molecule has 3 heterocycles. The number of hydrogen-bond acceptors (Lipinski definition) is 9. The first-order valence-corrected chi connectivity index (χ1v) is 13.3. The lowest BCUT2D eigenvalue weighted by atomic mass is 10.1. The molecule has 2 aliphatic heterocycles. The van der Waals surface area contributed by atoms with Gasteiger partial charge < -0.3 is 36.4 Å². The Morgan fingerprint density at radius 3 is 2.55 bits per heavy atom. The summed E-state index contributed by atoms with van der Waals surface area (Å²) in [6, 6.07) is 7.52. The van der Waals surface area contributed by atoms with E-state index in [4.69, 9.17) is 27.8 Å². The van der Waals surface area contributed by atoms with Gasteiger partial charge in [0.25, 0.3) is 11.8 Å². The van der Waals surface area contributed by atoms with Crippen LogP contribution in [-0.2, 0) is 15.7 Å². The number of amidine groups is 1. The Morgan fingerprint density at radius 2 is 1.88 bits per heavy atom. The number of morpholine rings is 1. The fourth-order valence-corrected chi connectivity index (χ4v) is 4.81. The minimum absolute atomic E-state index is 0.0744. The number of rotatable bonds is 6. The normalized spacial score (nSPS) is 21.3. The van der Waals surface area contributed by atoms with Gasteiger partial charge in [-0.2, -0.15) is 13.2 Å². The van der Waals surface area contributed by atoms with Crippen molar-refractivity contribution in [1.29, 1.82) is 0 Å². The zero-order valence-electron chi connectivity index (χ0n) is 22.1. The average Bonchev–Trinajstić information content (AvgIpc) is 3.72. The van der Waals surface area contributed by atoms with Gasteiger partial charge in [0.1, 0.15) is 28.1 Å². The van der Waals surface area contributed by atoms with Crippen LogP contribution in [0.5, 0.6) is 0 Å². The highest BCUT2D eigenvalue weighted by molar-refractivity contribution is 6.30. The number of aliphatic imine (C=N–C) groups is 1. The van der Waals surface area contributed by atoms with E-state index in [9.17, 15) is 27.9 Å². The number of carbonyl (C=O) groups is 2. The zero-order chi connectivity index (χ0) is 30.2. The van der Waals surface area contributed by atoms with Crippen LogP contribution in [0.15, 0.2) is 64.6 Å². The number of aromatic nitrogens is 1. The van der Waals surface area contributed by atoms with Crippen LogP contribution in [0.4, 0.5) is 19.0 Å². The number of carbonyl (C=O) groups excluding carboxylic acids is 2. The standard InChI is InChI=1S/C27H27ClF3N7O4/c28-19-12-35-23(33)22(38(19)14-18-13-37(9-10-42-18)25(40)26(41)6-7-26)21(32)15-1-3-16(4-2-15)24(39)36-20-11-17(5-8-34-20)27(29,30)31/h1-5,8,11-12,18,41H,6-7,9-10,13-14,32H2,(H2,33,35)(H,34,36,39)/b22-21-/t18-/m1/s1. The van der Waals surface area contributed by atoms with Crippen LogP contribution in [0, 0.1) is 0 Å². The van der Waals surface area contributed by atoms with Crippen LogP contribution in [-0.4, -0.2) is 75.5 Å². The average molecular weight is 606 g/mol. The Kier molecular flexibility index (Phi) is 7.88. The van der Waals surface area contributed by atoms with Gasteiger partial charge in [-0.1, -0.05) is 23.7 Å². The third-order valence-corrected chi connectivity index (χ3v) is 7.36. The number of benzene rings is 1. The number of hydrogen-bond donors (Lipinski definition) is 4. The topological polar surface area (TPSA) is 159 Å². The predicted molar refractivity (Wildman–Crippen MR) is 148 cm³/mol. The Bertz CT molecular complexity index is 1490. The fraction of sp³-hybridized carbons (Fsp3) is 0.333. The molecule has 2 aromatic rings. The van der Waals surface area contributed by atoms with Gasteiger partial charge in [0.15, 0.2) is 0 Å². The smallest absolute Gasteiger partial charge is 0.396 e. The highest BCUT2D eigenvalue weighted by atomic mass is 35.5. The van der Waals surface area contributed by atoms with Crippen LogP contribution in [0.3, 0.4) is 0 Å². The molecule has 11 nitrogen and oxygen atoms in total. The van der Waals surface area contributed by atoms with Crippen molar-refractivity contribution < 1.29 is 32.6 Å². The molecule has 1 aromatic heterocycles. The number of amides is 2. The van der Waals surface area contributed by atoms with Crippen molar-refractivity contribution in [1.82, 2.24) is 14.8 Å². The molecule has 0 radical (unpaired) electrons. The summed E-state index contributed by atoms with van der Waals surface area (Å²) in [6.07, 6.45) is -1.86. The van der Waals surface area contributed by atoms with Crippen LogP contribution < -0.4 is 16.8 Å². The molecular formula is C27H27ClF3N7O4. The number of nitrogens with one attached hydrogen (secondary N) is 1. The van der Waals surface area contributed by atoms with Gasteiger partial charge >= 0.3 is 6.18 Å². The first-order chi connectivity index (χ1) is 19.9. The molecule has 2 amide bonds. The molecule has 1 saturated heterocycles. The summed E-state index contributed by atoms with van der Waals surface area (Å²) in [4.78, 5) is 36.4. The molecule has 1 saturated carbocycles. The highest BCUT2D eigenvalue weighted by Crippen LogP contribution is 2.37. The first-order valence-electron chi connectivity index (χ1n) is 12.9. The molecular weight excluding hydrogens is 579 g/mol. The minimum Gasteiger partial charge on any atom is -0.396 e. The summed E-state index contributed by atoms with van der Waals surface area (Å²) < 4.78 is 44.8. The van der Waals surface area contributed by atoms with E-state index >= 15 is 0 Å². The second-order valence-corrected chi connectivity index (χ2v) is 10.5. The van der Waals surface area contributed by atoms with Crippen molar-refractivity contribution >= 4 is 40.8 Å². The molecule has 0 spiro atoms. The molecule has 0 bridgehead atoms. The minimum atomic E-state index is -4.58. The van der Waals surface area contributed by atoms with Crippen molar-refractivity contribution in [2.45, 2.75) is 30.7 Å². The van der Waals surface area contributed by atoms with Crippen LogP contribution in [0.25, 0.3) is 5.70 Å². The van der Waals surface area contributed by atoms with E-state index in [1.165, 1.54) is 18.3 Å². The number of alkyl halides is 3. The van der Waals surface area contributed by atoms with Gasteiger partial charge in [-0.3, -0.25) is 9.59 Å². The molecule has 1 aliphatic carbocycles. The van der Waals surface area contributed by atoms with Crippen molar-refractivity contribution in [3.8, 4) is 0 Å². The van der Waals surface area contributed by atoms with E-state index in [2.05, 4.69) is 15.3 Å². The Morgan fingerprint density at radius 1 is 1.19 bits per heavy atom. The van der Waals surface area contributed by atoms with E-state index in [1.54, 1.807) is 21.9 Å². The lowest BCUT2D eigenvalue weighted by molar-refractivity contribution is -0.150. The SMILES string of the molecule is NC1=NC=C(Cl)N(C[C@H]2CN(C(=O)C3(O)CC3)CCO2)/C1=C(\N)c1ccc(C(=O)Nc2cc(C(F)(F)F)ccn2)cc1. The summed E-state index contributed by atoms with van der Waals surface area (Å²) in [5.41, 5.74) is 11.6. The monoisotopic (exact) mass is 605 g/mol.